The maximum absolute atomic E-state index is 11.6. The van der Waals surface area contributed by atoms with Crippen molar-refractivity contribution in [3.8, 4) is 0 Å². The zero-order chi connectivity index (χ0) is 16.0. The van der Waals surface area contributed by atoms with E-state index < -0.39 is 41.8 Å². The molecule has 0 aromatic rings. The minimum atomic E-state index is -1.32. The van der Waals surface area contributed by atoms with E-state index in [2.05, 4.69) is 16.0 Å². The number of piperidine rings is 1. The number of carboxylic acids is 1. The maximum Gasteiger partial charge on any atom is 0.326 e. The largest absolute Gasteiger partial charge is 0.480 e. The lowest BCUT2D eigenvalue weighted by Gasteiger charge is -2.23. The molecule has 0 aromatic carbocycles. The average Bonchev–Trinajstić information content (AvgIpc) is 2.37. The van der Waals surface area contributed by atoms with Crippen LogP contribution in [0, 0.1) is 0 Å². The van der Waals surface area contributed by atoms with Crippen LogP contribution in [0.5, 0.6) is 0 Å². The smallest absolute Gasteiger partial charge is 0.326 e. The van der Waals surface area contributed by atoms with E-state index in [4.69, 9.17) is 10.8 Å². The predicted molar refractivity (Wildman–Crippen MR) is 67.7 cm³/mol. The highest BCUT2D eigenvalue weighted by atomic mass is 16.4. The van der Waals surface area contributed by atoms with E-state index in [1.54, 1.807) is 0 Å². The summed E-state index contributed by atoms with van der Waals surface area (Å²) in [6, 6.07) is -3.08. The summed E-state index contributed by atoms with van der Waals surface area (Å²) < 4.78 is 0. The van der Waals surface area contributed by atoms with Crippen LogP contribution < -0.4 is 21.7 Å². The Morgan fingerprint density at radius 1 is 1.38 bits per heavy atom. The maximum atomic E-state index is 11.6. The van der Waals surface area contributed by atoms with Gasteiger partial charge in [0.1, 0.15) is 12.1 Å². The summed E-state index contributed by atoms with van der Waals surface area (Å²) >= 11 is 0. The number of aliphatic carboxylic acids is 1. The number of hydrogen-bond acceptors (Lipinski definition) is 5. The van der Waals surface area contributed by atoms with E-state index in [9.17, 15) is 24.0 Å². The molecule has 0 spiro atoms. The lowest BCUT2D eigenvalue weighted by Crippen LogP contribution is -2.56. The van der Waals surface area contributed by atoms with Gasteiger partial charge in [0.05, 0.1) is 0 Å². The molecule has 1 heterocycles. The molecule has 1 aliphatic rings. The van der Waals surface area contributed by atoms with E-state index in [1.807, 2.05) is 0 Å². The quantitative estimate of drug-likeness (QED) is 0.349. The van der Waals surface area contributed by atoms with Crippen LogP contribution in [0.15, 0.2) is 0 Å². The molecule has 10 nitrogen and oxygen atoms in total. The van der Waals surface area contributed by atoms with Crippen molar-refractivity contribution in [2.75, 3.05) is 0 Å². The Labute approximate surface area is 119 Å². The molecule has 0 radical (unpaired) electrons. The van der Waals surface area contributed by atoms with E-state index in [1.165, 1.54) is 0 Å². The summed E-state index contributed by atoms with van der Waals surface area (Å²) in [6.45, 7) is 0. The van der Waals surface area contributed by atoms with Gasteiger partial charge in [0.15, 0.2) is 0 Å². The van der Waals surface area contributed by atoms with Gasteiger partial charge in [0.25, 0.3) is 0 Å². The molecule has 0 aliphatic carbocycles. The van der Waals surface area contributed by atoms with Crippen LogP contribution in [0.4, 0.5) is 4.79 Å². The summed E-state index contributed by atoms with van der Waals surface area (Å²) in [6.07, 6.45) is -0.138. The van der Waals surface area contributed by atoms with Crippen LogP contribution in [-0.4, -0.2) is 46.9 Å². The molecule has 1 unspecified atom stereocenters. The molecular weight excluding hydrogens is 284 g/mol. The molecule has 0 saturated carbocycles. The molecule has 116 valence electrons. The number of amides is 5. The van der Waals surface area contributed by atoms with Gasteiger partial charge in [0.2, 0.25) is 17.7 Å². The summed E-state index contributed by atoms with van der Waals surface area (Å²) in [7, 11) is 0. The normalized spacial score (nSPS) is 19.3. The number of nitrogens with one attached hydrogen (secondary N) is 3. The lowest BCUT2D eigenvalue weighted by molar-refractivity contribution is -0.139. The minimum absolute atomic E-state index is 0.0840. The van der Waals surface area contributed by atoms with Gasteiger partial charge in [-0.1, -0.05) is 0 Å². The molecule has 6 N–H and O–H groups in total. The first-order valence-electron chi connectivity index (χ1n) is 6.21. The number of hydrogen-bond donors (Lipinski definition) is 5. The zero-order valence-electron chi connectivity index (χ0n) is 11.0. The highest BCUT2D eigenvalue weighted by Gasteiger charge is 2.29. The molecule has 0 bridgehead atoms. The van der Waals surface area contributed by atoms with E-state index in [0.717, 1.165) is 0 Å². The SMILES string of the molecule is NC(=O)CC[C@H](NC(=O)NC1CCC(=O)NC1=O)C(=O)O. The highest BCUT2D eigenvalue weighted by Crippen LogP contribution is 2.04. The van der Waals surface area contributed by atoms with Crippen molar-refractivity contribution in [2.24, 2.45) is 5.73 Å². The van der Waals surface area contributed by atoms with Crippen LogP contribution in [0.25, 0.3) is 0 Å². The van der Waals surface area contributed by atoms with E-state index >= 15 is 0 Å². The first-order valence-corrected chi connectivity index (χ1v) is 6.21. The minimum Gasteiger partial charge on any atom is -0.480 e. The Morgan fingerprint density at radius 3 is 2.57 bits per heavy atom. The van der Waals surface area contributed by atoms with Crippen LogP contribution in [0.2, 0.25) is 0 Å². The van der Waals surface area contributed by atoms with E-state index in [-0.39, 0.29) is 25.7 Å². The molecule has 5 amide bonds. The summed E-state index contributed by atoms with van der Waals surface area (Å²) in [5.41, 5.74) is 4.91. The standard InChI is InChI=1S/C11H16N4O6/c12-7(16)3-1-6(10(19)20)14-11(21)13-5-2-4-8(17)15-9(5)18/h5-6H,1-4H2,(H2,12,16)(H,19,20)(H2,13,14,21)(H,15,17,18)/t5?,6-/m0/s1. The van der Waals surface area contributed by atoms with Gasteiger partial charge in [-0.25, -0.2) is 9.59 Å². The monoisotopic (exact) mass is 300 g/mol. The summed E-state index contributed by atoms with van der Waals surface area (Å²) in [4.78, 5) is 55.5. The lowest BCUT2D eigenvalue weighted by atomic mass is 10.1. The third kappa shape index (κ3) is 5.47. The third-order valence-electron chi connectivity index (χ3n) is 2.83. The first kappa shape index (κ1) is 16.4. The van der Waals surface area contributed by atoms with Crippen LogP contribution in [-0.2, 0) is 19.2 Å². The average molecular weight is 300 g/mol. The Morgan fingerprint density at radius 2 is 2.05 bits per heavy atom. The fraction of sp³-hybridized carbons (Fsp3) is 0.545. The number of primary amides is 1. The topological polar surface area (TPSA) is 168 Å². The van der Waals surface area contributed by atoms with Crippen molar-refractivity contribution in [2.45, 2.75) is 37.8 Å². The molecule has 0 aromatic heterocycles. The third-order valence-corrected chi connectivity index (χ3v) is 2.83. The second-order valence-electron chi connectivity index (χ2n) is 4.52. The van der Waals surface area contributed by atoms with Gasteiger partial charge >= 0.3 is 12.0 Å². The predicted octanol–water partition coefficient (Wildman–Crippen LogP) is -2.19. The van der Waals surface area contributed by atoms with Crippen LogP contribution >= 0.6 is 0 Å². The molecule has 1 aliphatic heterocycles. The molecule has 21 heavy (non-hydrogen) atoms. The Kier molecular flexibility index (Phi) is 5.64. The van der Waals surface area contributed by atoms with Crippen LogP contribution in [0.1, 0.15) is 25.7 Å². The molecule has 1 rings (SSSR count). The van der Waals surface area contributed by atoms with Gasteiger partial charge in [0, 0.05) is 12.8 Å². The second-order valence-corrected chi connectivity index (χ2v) is 4.52. The van der Waals surface area contributed by atoms with Crippen molar-refractivity contribution in [3.63, 3.8) is 0 Å². The first-order chi connectivity index (χ1) is 9.79. The highest BCUT2D eigenvalue weighted by molar-refractivity contribution is 6.01. The zero-order valence-corrected chi connectivity index (χ0v) is 11.0. The molecular formula is C11H16N4O6. The van der Waals surface area contributed by atoms with Gasteiger partial charge < -0.3 is 21.5 Å². The molecule has 1 saturated heterocycles. The Hall–Kier alpha value is -2.65. The number of urea groups is 1. The van der Waals surface area contributed by atoms with Gasteiger partial charge in [-0.2, -0.15) is 0 Å². The number of rotatable bonds is 6. The van der Waals surface area contributed by atoms with Gasteiger partial charge in [-0.05, 0) is 12.8 Å². The number of nitrogens with two attached hydrogens (primary N) is 1. The Balaban J connectivity index is 2.50. The van der Waals surface area contributed by atoms with Crippen molar-refractivity contribution in [1.29, 1.82) is 0 Å². The van der Waals surface area contributed by atoms with Crippen molar-refractivity contribution in [3.05, 3.63) is 0 Å². The summed E-state index contributed by atoms with van der Waals surface area (Å²) in [5, 5.41) is 15.4. The van der Waals surface area contributed by atoms with Crippen molar-refractivity contribution in [1.82, 2.24) is 16.0 Å². The number of carbonyl (C=O) groups excluding carboxylic acids is 4. The molecule has 2 atom stereocenters. The van der Waals surface area contributed by atoms with Crippen molar-refractivity contribution < 1.29 is 29.1 Å². The second kappa shape index (κ2) is 7.22. The Bertz CT molecular complexity index is 477. The fourth-order valence-corrected chi connectivity index (χ4v) is 1.73. The number of imide groups is 1. The molecule has 1 fully saturated rings. The van der Waals surface area contributed by atoms with Gasteiger partial charge in [-0.3, -0.25) is 19.7 Å². The van der Waals surface area contributed by atoms with Crippen molar-refractivity contribution >= 4 is 29.7 Å². The summed E-state index contributed by atoms with van der Waals surface area (Å²) in [5.74, 6) is -3.09. The number of carbonyl (C=O) groups is 5. The van der Waals surface area contributed by atoms with Gasteiger partial charge in [-0.15, -0.1) is 0 Å². The fourth-order valence-electron chi connectivity index (χ4n) is 1.73. The van der Waals surface area contributed by atoms with E-state index in [0.29, 0.717) is 0 Å². The molecule has 10 heteroatoms. The number of carboxylic acid groups (broad SMARTS) is 1. The van der Waals surface area contributed by atoms with Crippen LogP contribution in [0.3, 0.4) is 0 Å².